The maximum Gasteiger partial charge on any atom is 0.129 e. The summed E-state index contributed by atoms with van der Waals surface area (Å²) in [5.74, 6) is 0.137. The highest BCUT2D eigenvalue weighted by Crippen LogP contribution is 2.17. The fourth-order valence-corrected chi connectivity index (χ4v) is 0.965. The molecule has 0 bridgehead atoms. The molecule has 1 aromatic carbocycles. The van der Waals surface area contributed by atoms with Crippen molar-refractivity contribution in [2.24, 2.45) is 0 Å². The smallest absolute Gasteiger partial charge is 0.129 e. The van der Waals surface area contributed by atoms with E-state index in [0.29, 0.717) is 16.3 Å². The lowest BCUT2D eigenvalue weighted by Crippen LogP contribution is -1.97. The second-order valence-electron chi connectivity index (χ2n) is 2.76. The topological polar surface area (TPSA) is 9.23 Å². The standard InChI is InChI=1S/C10H9Cl2FO/c1-7-2-3-9(4-10(7)13)14-6-8(12)5-11/h2-5H,6H2,1H3/b8-5-. The van der Waals surface area contributed by atoms with Crippen LogP contribution in [0.2, 0.25) is 0 Å². The molecule has 0 radical (unpaired) electrons. The quantitative estimate of drug-likeness (QED) is 0.773. The van der Waals surface area contributed by atoms with Crippen molar-refractivity contribution < 1.29 is 9.13 Å². The Hall–Kier alpha value is -0.730. The summed E-state index contributed by atoms with van der Waals surface area (Å²) >= 11 is 10.9. The third-order valence-corrected chi connectivity index (χ3v) is 2.23. The predicted molar refractivity (Wildman–Crippen MR) is 56.4 cm³/mol. The number of halogens is 3. The Morgan fingerprint density at radius 3 is 2.86 bits per heavy atom. The van der Waals surface area contributed by atoms with Gasteiger partial charge in [-0.25, -0.2) is 4.39 Å². The Balaban J connectivity index is 2.64. The molecule has 0 aliphatic rings. The van der Waals surface area contributed by atoms with Crippen LogP contribution in [0.25, 0.3) is 0 Å². The van der Waals surface area contributed by atoms with Gasteiger partial charge >= 0.3 is 0 Å². The molecule has 1 rings (SSSR count). The van der Waals surface area contributed by atoms with E-state index in [-0.39, 0.29) is 12.4 Å². The van der Waals surface area contributed by atoms with Crippen molar-refractivity contribution >= 4 is 23.2 Å². The van der Waals surface area contributed by atoms with E-state index in [1.54, 1.807) is 19.1 Å². The summed E-state index contributed by atoms with van der Waals surface area (Å²) in [4.78, 5) is 0. The Morgan fingerprint density at radius 2 is 2.29 bits per heavy atom. The van der Waals surface area contributed by atoms with E-state index in [4.69, 9.17) is 27.9 Å². The van der Waals surface area contributed by atoms with Crippen LogP contribution >= 0.6 is 23.2 Å². The first-order valence-electron chi connectivity index (χ1n) is 3.97. The van der Waals surface area contributed by atoms with Gasteiger partial charge in [0, 0.05) is 11.6 Å². The van der Waals surface area contributed by atoms with Gasteiger partial charge in [-0.2, -0.15) is 0 Å². The summed E-state index contributed by atoms with van der Waals surface area (Å²) in [5.41, 5.74) is 1.79. The van der Waals surface area contributed by atoms with Crippen molar-refractivity contribution in [2.75, 3.05) is 6.61 Å². The van der Waals surface area contributed by atoms with Crippen LogP contribution in [-0.2, 0) is 0 Å². The molecule has 0 spiro atoms. The van der Waals surface area contributed by atoms with Crippen LogP contribution < -0.4 is 4.74 Å². The normalized spacial score (nSPS) is 11.6. The van der Waals surface area contributed by atoms with Crippen LogP contribution in [0.4, 0.5) is 4.39 Å². The molecule has 0 N–H and O–H groups in total. The van der Waals surface area contributed by atoms with Gasteiger partial charge in [-0.15, -0.1) is 0 Å². The van der Waals surface area contributed by atoms with Crippen molar-refractivity contribution in [1.29, 1.82) is 0 Å². The summed E-state index contributed by atoms with van der Waals surface area (Å²) in [6, 6.07) is 4.63. The molecule has 0 saturated heterocycles. The fourth-order valence-electron chi connectivity index (χ4n) is 0.847. The van der Waals surface area contributed by atoms with E-state index in [0.717, 1.165) is 0 Å². The lowest BCUT2D eigenvalue weighted by Gasteiger charge is -2.05. The van der Waals surface area contributed by atoms with E-state index < -0.39 is 0 Å². The predicted octanol–water partition coefficient (Wildman–Crippen LogP) is 3.83. The van der Waals surface area contributed by atoms with Crippen molar-refractivity contribution in [3.05, 3.63) is 40.1 Å². The van der Waals surface area contributed by atoms with Crippen molar-refractivity contribution in [1.82, 2.24) is 0 Å². The highest BCUT2D eigenvalue weighted by molar-refractivity contribution is 6.36. The van der Waals surface area contributed by atoms with Gasteiger partial charge in [0.2, 0.25) is 0 Å². The first kappa shape index (κ1) is 11.3. The number of benzene rings is 1. The van der Waals surface area contributed by atoms with Crippen molar-refractivity contribution in [3.8, 4) is 5.75 Å². The van der Waals surface area contributed by atoms with Crippen LogP contribution in [0.1, 0.15) is 5.56 Å². The molecule has 0 amide bonds. The minimum atomic E-state index is -0.298. The molecule has 1 aromatic rings. The molecule has 1 nitrogen and oxygen atoms in total. The zero-order chi connectivity index (χ0) is 10.6. The lowest BCUT2D eigenvalue weighted by molar-refractivity contribution is 0.357. The number of hydrogen-bond acceptors (Lipinski definition) is 1. The largest absolute Gasteiger partial charge is 0.488 e. The third-order valence-electron chi connectivity index (χ3n) is 1.64. The van der Waals surface area contributed by atoms with E-state index in [9.17, 15) is 4.39 Å². The minimum Gasteiger partial charge on any atom is -0.488 e. The second kappa shape index (κ2) is 5.23. The van der Waals surface area contributed by atoms with E-state index >= 15 is 0 Å². The molecule has 76 valence electrons. The summed E-state index contributed by atoms with van der Waals surface area (Å²) in [7, 11) is 0. The van der Waals surface area contributed by atoms with Gasteiger partial charge < -0.3 is 4.74 Å². The zero-order valence-electron chi connectivity index (χ0n) is 7.56. The van der Waals surface area contributed by atoms with Crippen LogP contribution in [0.5, 0.6) is 5.75 Å². The lowest BCUT2D eigenvalue weighted by atomic mass is 10.2. The molecule has 0 aromatic heterocycles. The third kappa shape index (κ3) is 3.20. The van der Waals surface area contributed by atoms with Crippen LogP contribution in [0.15, 0.2) is 28.8 Å². The van der Waals surface area contributed by atoms with Crippen molar-refractivity contribution in [3.63, 3.8) is 0 Å². The Kier molecular flexibility index (Phi) is 4.23. The van der Waals surface area contributed by atoms with Gasteiger partial charge in [0.15, 0.2) is 0 Å². The summed E-state index contributed by atoms with van der Waals surface area (Å²) in [6.45, 7) is 1.83. The van der Waals surface area contributed by atoms with Gasteiger partial charge in [-0.05, 0) is 18.6 Å². The summed E-state index contributed by atoms with van der Waals surface area (Å²) in [6.07, 6.45) is 0. The molecule has 0 aliphatic heterocycles. The molecule has 4 heteroatoms. The molecule has 0 saturated carbocycles. The highest BCUT2D eigenvalue weighted by atomic mass is 35.5. The number of rotatable bonds is 3. The zero-order valence-corrected chi connectivity index (χ0v) is 9.07. The highest BCUT2D eigenvalue weighted by Gasteiger charge is 2.00. The molecule has 0 unspecified atom stereocenters. The minimum absolute atomic E-state index is 0.146. The molecule has 0 heterocycles. The summed E-state index contributed by atoms with van der Waals surface area (Å²) in [5, 5.41) is 0.368. The second-order valence-corrected chi connectivity index (χ2v) is 3.46. The number of ether oxygens (including phenoxy) is 1. The van der Waals surface area contributed by atoms with Gasteiger partial charge in [0.1, 0.15) is 18.2 Å². The van der Waals surface area contributed by atoms with E-state index in [2.05, 4.69) is 0 Å². The Morgan fingerprint density at radius 1 is 1.57 bits per heavy atom. The van der Waals surface area contributed by atoms with Crippen LogP contribution in [-0.4, -0.2) is 6.61 Å². The molecule has 0 atom stereocenters. The van der Waals surface area contributed by atoms with Crippen LogP contribution in [0.3, 0.4) is 0 Å². The van der Waals surface area contributed by atoms with Gasteiger partial charge in [0.25, 0.3) is 0 Å². The van der Waals surface area contributed by atoms with Gasteiger partial charge in [0.05, 0.1) is 5.03 Å². The number of aryl methyl sites for hydroxylation is 1. The average Bonchev–Trinajstić information content (AvgIpc) is 2.19. The van der Waals surface area contributed by atoms with E-state index in [1.165, 1.54) is 11.6 Å². The molecule has 14 heavy (non-hydrogen) atoms. The van der Waals surface area contributed by atoms with Crippen LogP contribution in [0, 0.1) is 12.7 Å². The maximum absolute atomic E-state index is 13.0. The number of hydrogen-bond donors (Lipinski definition) is 0. The Labute approximate surface area is 92.1 Å². The summed E-state index contributed by atoms with van der Waals surface area (Å²) < 4.78 is 18.2. The van der Waals surface area contributed by atoms with Gasteiger partial charge in [-0.1, -0.05) is 29.3 Å². The first-order valence-corrected chi connectivity index (χ1v) is 4.78. The maximum atomic E-state index is 13.0. The fraction of sp³-hybridized carbons (Fsp3) is 0.200. The molecular formula is C10H9Cl2FO. The monoisotopic (exact) mass is 234 g/mol. The molecule has 0 aliphatic carbocycles. The molecule has 0 fully saturated rings. The van der Waals surface area contributed by atoms with E-state index in [1.807, 2.05) is 0 Å². The SMILES string of the molecule is Cc1ccc(OC/C(Cl)=C/Cl)cc1F. The first-order chi connectivity index (χ1) is 6.63. The Bertz CT molecular complexity index is 350. The molecular weight excluding hydrogens is 226 g/mol. The average molecular weight is 235 g/mol. The van der Waals surface area contributed by atoms with Crippen molar-refractivity contribution in [2.45, 2.75) is 6.92 Å². The van der Waals surface area contributed by atoms with Gasteiger partial charge in [-0.3, -0.25) is 0 Å².